The Balaban J connectivity index is 2.70. The predicted octanol–water partition coefficient (Wildman–Crippen LogP) is 3.07. The number of carbonyl (C=O) groups excluding carboxylic acids is 1. The zero-order chi connectivity index (χ0) is 11.7. The number of hydrogen-bond acceptors (Lipinski definition) is 1. The maximum Gasteiger partial charge on any atom is 0.229 e. The monoisotopic (exact) mass is 211 g/mol. The summed E-state index contributed by atoms with van der Waals surface area (Å²) in [5.74, 6) is 0.364. The second-order valence-corrected chi connectivity index (χ2v) is 5.30. The summed E-state index contributed by atoms with van der Waals surface area (Å²) in [5.41, 5.74) is 0.191. The lowest BCUT2D eigenvalue weighted by atomic mass is 9.90. The quantitative estimate of drug-likeness (QED) is 0.684. The zero-order valence-electron chi connectivity index (χ0n) is 10.9. The van der Waals surface area contributed by atoms with E-state index in [1.165, 1.54) is 12.8 Å². The molecule has 2 atom stereocenters. The van der Waals surface area contributed by atoms with Gasteiger partial charge in [0.05, 0.1) is 5.41 Å². The predicted molar refractivity (Wildman–Crippen MR) is 63.7 cm³/mol. The molecule has 1 amide bonds. The Hall–Kier alpha value is -0.530. The summed E-state index contributed by atoms with van der Waals surface area (Å²) in [5, 5.41) is 0. The van der Waals surface area contributed by atoms with Crippen molar-refractivity contribution < 1.29 is 4.79 Å². The highest BCUT2D eigenvalue weighted by atomic mass is 16.2. The van der Waals surface area contributed by atoms with E-state index in [2.05, 4.69) is 34.6 Å². The molecule has 0 spiro atoms. The van der Waals surface area contributed by atoms with Gasteiger partial charge in [0.2, 0.25) is 5.91 Å². The first-order valence-electron chi connectivity index (χ1n) is 6.24. The van der Waals surface area contributed by atoms with E-state index in [1.807, 2.05) is 4.90 Å². The van der Waals surface area contributed by atoms with E-state index in [0.717, 1.165) is 19.5 Å². The molecule has 0 aromatic heterocycles. The van der Waals surface area contributed by atoms with E-state index in [4.69, 9.17) is 0 Å². The van der Waals surface area contributed by atoms with Crippen molar-refractivity contribution in [1.29, 1.82) is 0 Å². The lowest BCUT2D eigenvalue weighted by Gasteiger charge is -2.26. The molecule has 0 unspecified atom stereocenters. The summed E-state index contributed by atoms with van der Waals surface area (Å²) < 4.78 is 0. The van der Waals surface area contributed by atoms with Crippen LogP contribution < -0.4 is 0 Å². The fourth-order valence-corrected chi connectivity index (χ4v) is 2.85. The smallest absolute Gasteiger partial charge is 0.229 e. The molecule has 1 rings (SSSR count). The maximum absolute atomic E-state index is 12.3. The van der Waals surface area contributed by atoms with Gasteiger partial charge < -0.3 is 4.90 Å². The molecule has 2 nitrogen and oxygen atoms in total. The zero-order valence-corrected chi connectivity index (χ0v) is 10.9. The fourth-order valence-electron chi connectivity index (χ4n) is 2.85. The average molecular weight is 211 g/mol. The average Bonchev–Trinajstić information content (AvgIpc) is 2.73. The second-order valence-electron chi connectivity index (χ2n) is 5.30. The molecule has 15 heavy (non-hydrogen) atoms. The van der Waals surface area contributed by atoms with Gasteiger partial charge in [-0.25, -0.2) is 0 Å². The molecule has 0 bridgehead atoms. The molecule has 0 aromatic carbocycles. The minimum absolute atomic E-state index is 0.0744. The van der Waals surface area contributed by atoms with Crippen LogP contribution >= 0.6 is 0 Å². The third kappa shape index (κ3) is 1.91. The third-order valence-electron chi connectivity index (χ3n) is 4.28. The Bertz CT molecular complexity index is 247. The van der Waals surface area contributed by atoms with Gasteiger partial charge in [0.15, 0.2) is 0 Å². The number of amides is 1. The highest BCUT2D eigenvalue weighted by molar-refractivity contribution is 5.86. The van der Waals surface area contributed by atoms with Crippen molar-refractivity contribution in [2.24, 2.45) is 10.8 Å². The van der Waals surface area contributed by atoms with E-state index in [9.17, 15) is 4.79 Å². The van der Waals surface area contributed by atoms with Crippen LogP contribution in [0.2, 0.25) is 0 Å². The molecular formula is C13H25NO. The highest BCUT2D eigenvalue weighted by Crippen LogP contribution is 2.66. The summed E-state index contributed by atoms with van der Waals surface area (Å²) in [6.45, 7) is 12.4. The van der Waals surface area contributed by atoms with Crippen LogP contribution in [0.1, 0.15) is 53.9 Å². The first-order valence-corrected chi connectivity index (χ1v) is 6.24. The molecule has 1 aliphatic carbocycles. The fraction of sp³-hybridized carbons (Fsp3) is 0.923. The molecule has 0 aliphatic heterocycles. The molecule has 1 saturated carbocycles. The molecule has 2 heteroatoms. The van der Waals surface area contributed by atoms with Crippen molar-refractivity contribution in [1.82, 2.24) is 4.90 Å². The molecule has 0 heterocycles. The van der Waals surface area contributed by atoms with Gasteiger partial charge in [0.25, 0.3) is 0 Å². The summed E-state index contributed by atoms with van der Waals surface area (Å²) in [7, 11) is 0. The Morgan fingerprint density at radius 1 is 1.20 bits per heavy atom. The SMILES string of the molecule is CCC[C@@]1(C)C[C@]1(C)C(=O)N(CC)CC. The van der Waals surface area contributed by atoms with Gasteiger partial charge in [-0.1, -0.05) is 27.2 Å². The number of nitrogens with zero attached hydrogens (tertiary/aromatic N) is 1. The van der Waals surface area contributed by atoms with Crippen LogP contribution in [-0.4, -0.2) is 23.9 Å². The van der Waals surface area contributed by atoms with E-state index in [-0.39, 0.29) is 10.8 Å². The first-order chi connectivity index (χ1) is 6.95. The van der Waals surface area contributed by atoms with Crippen molar-refractivity contribution in [3.63, 3.8) is 0 Å². The van der Waals surface area contributed by atoms with E-state index < -0.39 is 0 Å². The molecular weight excluding hydrogens is 186 g/mol. The minimum atomic E-state index is -0.0744. The summed E-state index contributed by atoms with van der Waals surface area (Å²) in [6, 6.07) is 0. The van der Waals surface area contributed by atoms with Crippen LogP contribution in [-0.2, 0) is 4.79 Å². The van der Waals surface area contributed by atoms with Crippen molar-refractivity contribution >= 4 is 5.91 Å². The van der Waals surface area contributed by atoms with Gasteiger partial charge in [-0.2, -0.15) is 0 Å². The first kappa shape index (κ1) is 12.5. The van der Waals surface area contributed by atoms with Gasteiger partial charge in [0.1, 0.15) is 0 Å². The maximum atomic E-state index is 12.3. The van der Waals surface area contributed by atoms with E-state index in [1.54, 1.807) is 0 Å². The molecule has 1 aliphatic rings. The summed E-state index contributed by atoms with van der Waals surface area (Å²) >= 11 is 0. The standard InChI is InChI=1S/C13H25NO/c1-6-9-12(4)10-13(12,5)11(15)14(7-2)8-3/h6-10H2,1-5H3/t12-,13+/m0/s1. The molecule has 1 fully saturated rings. The lowest BCUT2D eigenvalue weighted by Crippen LogP contribution is -2.38. The topological polar surface area (TPSA) is 20.3 Å². The molecule has 88 valence electrons. The Labute approximate surface area is 94.0 Å². The Morgan fingerprint density at radius 3 is 2.13 bits per heavy atom. The van der Waals surface area contributed by atoms with Crippen LogP contribution in [0.15, 0.2) is 0 Å². The number of hydrogen-bond donors (Lipinski definition) is 0. The van der Waals surface area contributed by atoms with Crippen LogP contribution in [0.4, 0.5) is 0 Å². The Morgan fingerprint density at radius 2 is 1.73 bits per heavy atom. The largest absolute Gasteiger partial charge is 0.343 e. The lowest BCUT2D eigenvalue weighted by molar-refractivity contribution is -0.137. The van der Waals surface area contributed by atoms with Crippen LogP contribution in [0.5, 0.6) is 0 Å². The van der Waals surface area contributed by atoms with Crippen LogP contribution in [0.25, 0.3) is 0 Å². The van der Waals surface area contributed by atoms with Gasteiger partial charge in [-0.15, -0.1) is 0 Å². The second kappa shape index (κ2) is 4.15. The van der Waals surface area contributed by atoms with Crippen molar-refractivity contribution in [2.45, 2.75) is 53.9 Å². The normalized spacial score (nSPS) is 33.9. The van der Waals surface area contributed by atoms with Crippen molar-refractivity contribution in [3.05, 3.63) is 0 Å². The summed E-state index contributed by atoms with van der Waals surface area (Å²) in [4.78, 5) is 14.3. The van der Waals surface area contributed by atoms with Gasteiger partial charge in [0, 0.05) is 13.1 Å². The third-order valence-corrected chi connectivity index (χ3v) is 4.28. The number of carbonyl (C=O) groups is 1. The van der Waals surface area contributed by atoms with Gasteiger partial charge >= 0.3 is 0 Å². The van der Waals surface area contributed by atoms with Crippen molar-refractivity contribution in [3.8, 4) is 0 Å². The van der Waals surface area contributed by atoms with Gasteiger partial charge in [-0.05, 0) is 32.1 Å². The Kier molecular flexibility index (Phi) is 3.47. The van der Waals surface area contributed by atoms with E-state index in [0.29, 0.717) is 5.91 Å². The molecule has 0 saturated heterocycles. The minimum Gasteiger partial charge on any atom is -0.343 e. The molecule has 0 radical (unpaired) electrons. The molecule has 0 N–H and O–H groups in total. The van der Waals surface area contributed by atoms with Crippen molar-refractivity contribution in [2.75, 3.05) is 13.1 Å². The van der Waals surface area contributed by atoms with Gasteiger partial charge in [-0.3, -0.25) is 4.79 Å². The highest BCUT2D eigenvalue weighted by Gasteiger charge is 2.65. The van der Waals surface area contributed by atoms with E-state index >= 15 is 0 Å². The number of rotatable bonds is 5. The molecule has 0 aromatic rings. The summed E-state index contributed by atoms with van der Waals surface area (Å²) in [6.07, 6.45) is 3.43. The van der Waals surface area contributed by atoms with Crippen LogP contribution in [0, 0.1) is 10.8 Å². The van der Waals surface area contributed by atoms with Crippen LogP contribution in [0.3, 0.4) is 0 Å².